The molecular weight excluding hydrogens is 426 g/mol. The molecule has 1 amide bonds. The minimum Gasteiger partial charge on any atom is -0.507 e. The van der Waals surface area contributed by atoms with Gasteiger partial charge in [0, 0.05) is 11.3 Å². The number of amides is 1. The number of hydrogen-bond donors (Lipinski definition) is 1. The van der Waals surface area contributed by atoms with Gasteiger partial charge in [0.25, 0.3) is 11.7 Å². The van der Waals surface area contributed by atoms with Crippen molar-refractivity contribution in [2.24, 2.45) is 0 Å². The Bertz CT molecular complexity index is 1220. The quantitative estimate of drug-likeness (QED) is 0.254. The van der Waals surface area contributed by atoms with Gasteiger partial charge in [-0.3, -0.25) is 14.5 Å². The summed E-state index contributed by atoms with van der Waals surface area (Å²) >= 11 is 0. The average Bonchev–Trinajstić information content (AvgIpc) is 3.04. The van der Waals surface area contributed by atoms with Gasteiger partial charge in [-0.2, -0.15) is 13.2 Å². The molecule has 8 heteroatoms. The average molecular weight is 441 g/mol. The smallest absolute Gasteiger partial charge is 0.416 e. The molecule has 0 radical (unpaired) electrons. The Labute approximate surface area is 180 Å². The van der Waals surface area contributed by atoms with Crippen LogP contribution in [0, 0.1) is 5.82 Å². The van der Waals surface area contributed by atoms with E-state index < -0.39 is 41.0 Å². The lowest BCUT2D eigenvalue weighted by atomic mass is 9.95. The van der Waals surface area contributed by atoms with Gasteiger partial charge in [-0.25, -0.2) is 4.39 Å². The molecule has 0 saturated carbocycles. The largest absolute Gasteiger partial charge is 0.507 e. The number of alkyl halides is 3. The Morgan fingerprint density at radius 1 is 0.875 bits per heavy atom. The predicted molar refractivity (Wildman–Crippen MR) is 109 cm³/mol. The van der Waals surface area contributed by atoms with Crippen LogP contribution in [0.15, 0.2) is 84.4 Å². The number of carbonyl (C=O) groups is 2. The summed E-state index contributed by atoms with van der Waals surface area (Å²) in [6, 6.07) is 15.7. The summed E-state index contributed by atoms with van der Waals surface area (Å²) in [6.45, 7) is 0. The van der Waals surface area contributed by atoms with E-state index in [0.717, 1.165) is 35.2 Å². The van der Waals surface area contributed by atoms with Gasteiger partial charge in [-0.05, 0) is 48.0 Å². The van der Waals surface area contributed by atoms with Crippen molar-refractivity contribution < 1.29 is 32.3 Å². The molecule has 1 unspecified atom stereocenters. The van der Waals surface area contributed by atoms with E-state index >= 15 is 0 Å². The van der Waals surface area contributed by atoms with E-state index in [-0.39, 0.29) is 16.8 Å². The summed E-state index contributed by atoms with van der Waals surface area (Å²) in [5.41, 5.74) is -0.927. The summed E-state index contributed by atoms with van der Waals surface area (Å²) in [6.07, 6.45) is -4.65. The molecule has 4 nitrogen and oxygen atoms in total. The highest BCUT2D eigenvalue weighted by Gasteiger charge is 2.47. The van der Waals surface area contributed by atoms with Gasteiger partial charge < -0.3 is 5.11 Å². The molecule has 3 aromatic rings. The molecule has 3 aromatic carbocycles. The van der Waals surface area contributed by atoms with Crippen LogP contribution >= 0.6 is 0 Å². The number of halogens is 4. The zero-order valence-electron chi connectivity index (χ0n) is 16.3. The Morgan fingerprint density at radius 2 is 1.53 bits per heavy atom. The normalized spacial score (nSPS) is 18.2. The van der Waals surface area contributed by atoms with Crippen LogP contribution in [0.4, 0.5) is 23.2 Å². The van der Waals surface area contributed by atoms with Gasteiger partial charge in [0.15, 0.2) is 0 Å². The van der Waals surface area contributed by atoms with Crippen LogP contribution in [0.3, 0.4) is 0 Å². The highest BCUT2D eigenvalue weighted by Crippen LogP contribution is 2.43. The van der Waals surface area contributed by atoms with E-state index in [4.69, 9.17) is 0 Å². The fourth-order valence-electron chi connectivity index (χ4n) is 3.64. The SMILES string of the molecule is O=C1C(=O)N(c2cccc(C(F)(F)F)c2)C(c2ccccc2)/C1=C(\O)c1ccc(F)cc1. The van der Waals surface area contributed by atoms with E-state index in [9.17, 15) is 32.3 Å². The number of carbonyl (C=O) groups excluding carboxylic acids is 2. The van der Waals surface area contributed by atoms with Crippen molar-refractivity contribution >= 4 is 23.1 Å². The number of ketones is 1. The third-order valence-electron chi connectivity index (χ3n) is 5.13. The molecule has 0 aliphatic carbocycles. The Kier molecular flexibility index (Phi) is 5.30. The molecule has 1 atom stereocenters. The number of rotatable bonds is 3. The van der Waals surface area contributed by atoms with Crippen molar-refractivity contribution in [1.82, 2.24) is 0 Å². The number of aliphatic hydroxyl groups excluding tert-OH is 1. The van der Waals surface area contributed by atoms with E-state index in [0.29, 0.717) is 5.56 Å². The summed E-state index contributed by atoms with van der Waals surface area (Å²) in [4.78, 5) is 26.8. The molecule has 0 bridgehead atoms. The first-order valence-electron chi connectivity index (χ1n) is 9.47. The van der Waals surface area contributed by atoms with Crippen LogP contribution in [0.5, 0.6) is 0 Å². The fourth-order valence-corrected chi connectivity index (χ4v) is 3.64. The maximum atomic E-state index is 13.3. The minimum absolute atomic E-state index is 0.0920. The molecule has 1 fully saturated rings. The molecule has 4 rings (SSSR count). The minimum atomic E-state index is -4.65. The summed E-state index contributed by atoms with van der Waals surface area (Å²) in [5.74, 6) is -3.25. The second kappa shape index (κ2) is 7.96. The third-order valence-corrected chi connectivity index (χ3v) is 5.13. The molecule has 0 spiro atoms. The van der Waals surface area contributed by atoms with Crippen molar-refractivity contribution in [2.75, 3.05) is 4.90 Å². The number of benzene rings is 3. The molecule has 1 heterocycles. The van der Waals surface area contributed by atoms with Gasteiger partial charge >= 0.3 is 6.18 Å². The highest BCUT2D eigenvalue weighted by molar-refractivity contribution is 6.51. The molecule has 32 heavy (non-hydrogen) atoms. The second-order valence-corrected chi connectivity index (χ2v) is 7.13. The van der Waals surface area contributed by atoms with Crippen molar-refractivity contribution in [3.8, 4) is 0 Å². The zero-order valence-corrected chi connectivity index (χ0v) is 16.3. The van der Waals surface area contributed by atoms with Gasteiger partial charge in [-0.15, -0.1) is 0 Å². The first-order chi connectivity index (χ1) is 15.2. The van der Waals surface area contributed by atoms with E-state index in [1.165, 1.54) is 18.2 Å². The van der Waals surface area contributed by atoms with Crippen LogP contribution in [0.25, 0.3) is 5.76 Å². The topological polar surface area (TPSA) is 57.6 Å². The van der Waals surface area contributed by atoms with Crippen molar-refractivity contribution in [3.63, 3.8) is 0 Å². The van der Waals surface area contributed by atoms with Crippen LogP contribution < -0.4 is 4.90 Å². The van der Waals surface area contributed by atoms with Crippen LogP contribution in [0.1, 0.15) is 22.7 Å². The lowest BCUT2D eigenvalue weighted by molar-refractivity contribution is -0.137. The number of anilines is 1. The second-order valence-electron chi connectivity index (χ2n) is 7.13. The molecule has 162 valence electrons. The fraction of sp³-hybridized carbons (Fsp3) is 0.0833. The van der Waals surface area contributed by atoms with Crippen LogP contribution in [-0.2, 0) is 15.8 Å². The van der Waals surface area contributed by atoms with Gasteiger partial charge in [0.1, 0.15) is 11.6 Å². The van der Waals surface area contributed by atoms with Gasteiger partial charge in [0.2, 0.25) is 0 Å². The van der Waals surface area contributed by atoms with Crippen LogP contribution in [-0.4, -0.2) is 16.8 Å². The molecular formula is C24H15F4NO3. The van der Waals surface area contributed by atoms with E-state index in [2.05, 4.69) is 0 Å². The molecule has 1 saturated heterocycles. The lowest BCUT2D eigenvalue weighted by Gasteiger charge is -2.26. The van der Waals surface area contributed by atoms with Crippen molar-refractivity contribution in [1.29, 1.82) is 0 Å². The molecule has 1 N–H and O–H groups in total. The summed E-state index contributed by atoms with van der Waals surface area (Å²) in [7, 11) is 0. The number of Topliss-reactive ketones (excluding diaryl/α,β-unsaturated/α-hetero) is 1. The number of nitrogens with zero attached hydrogens (tertiary/aromatic N) is 1. The van der Waals surface area contributed by atoms with E-state index in [1.807, 2.05) is 0 Å². The highest BCUT2D eigenvalue weighted by atomic mass is 19.4. The first kappa shape index (κ1) is 21.3. The van der Waals surface area contributed by atoms with Crippen molar-refractivity contribution in [2.45, 2.75) is 12.2 Å². The molecule has 1 aliphatic heterocycles. The lowest BCUT2D eigenvalue weighted by Crippen LogP contribution is -2.29. The maximum absolute atomic E-state index is 13.3. The van der Waals surface area contributed by atoms with Gasteiger partial charge in [0.05, 0.1) is 17.2 Å². The number of aliphatic hydroxyl groups is 1. The Hall–Kier alpha value is -3.94. The maximum Gasteiger partial charge on any atom is 0.416 e. The first-order valence-corrected chi connectivity index (χ1v) is 9.47. The Balaban J connectivity index is 1.93. The molecule has 1 aliphatic rings. The number of hydrogen-bond acceptors (Lipinski definition) is 3. The monoisotopic (exact) mass is 441 g/mol. The van der Waals surface area contributed by atoms with Gasteiger partial charge in [-0.1, -0.05) is 36.4 Å². The standard InChI is InChI=1S/C24H15F4NO3/c25-17-11-9-15(10-12-17)21(30)19-20(14-5-2-1-3-6-14)29(23(32)22(19)31)18-8-4-7-16(13-18)24(26,27)28/h1-13,20,30H/b21-19+. The zero-order chi connectivity index (χ0) is 23.0. The third kappa shape index (κ3) is 3.75. The summed E-state index contributed by atoms with van der Waals surface area (Å²) in [5, 5.41) is 10.9. The van der Waals surface area contributed by atoms with E-state index in [1.54, 1.807) is 30.3 Å². The molecule has 0 aromatic heterocycles. The van der Waals surface area contributed by atoms with Crippen molar-refractivity contribution in [3.05, 3.63) is 107 Å². The Morgan fingerprint density at radius 3 is 2.16 bits per heavy atom. The predicted octanol–water partition coefficient (Wildman–Crippen LogP) is 5.47. The van der Waals surface area contributed by atoms with Crippen LogP contribution in [0.2, 0.25) is 0 Å². The summed E-state index contributed by atoms with van der Waals surface area (Å²) < 4.78 is 53.1.